The maximum atomic E-state index is 13.0. The van der Waals surface area contributed by atoms with Crippen LogP contribution in [0, 0.1) is 16.7 Å². The summed E-state index contributed by atoms with van der Waals surface area (Å²) in [4.78, 5) is 37.7. The van der Waals surface area contributed by atoms with Crippen LogP contribution in [0.1, 0.15) is 46.5 Å². The number of hydrogen-bond acceptors (Lipinski definition) is 10. The van der Waals surface area contributed by atoms with Gasteiger partial charge in [-0.25, -0.2) is 14.4 Å². The third-order valence-corrected chi connectivity index (χ3v) is 10.0. The van der Waals surface area contributed by atoms with Crippen LogP contribution in [0.25, 0.3) is 0 Å². The molecule has 6 rings (SSSR count). The van der Waals surface area contributed by atoms with E-state index >= 15 is 0 Å². The van der Waals surface area contributed by atoms with Gasteiger partial charge >= 0.3 is 17.9 Å². The molecule has 202 valence electrons. The Morgan fingerprint density at radius 2 is 1.68 bits per heavy atom. The van der Waals surface area contributed by atoms with Crippen molar-refractivity contribution in [2.75, 3.05) is 19.8 Å². The van der Waals surface area contributed by atoms with Crippen LogP contribution in [0.15, 0.2) is 24.3 Å². The van der Waals surface area contributed by atoms with Gasteiger partial charge in [0, 0.05) is 24.0 Å². The van der Waals surface area contributed by atoms with Crippen LogP contribution in [0.5, 0.6) is 0 Å². The standard InChI is InChI=1S/C27H34O10/c1-15-8-11-32-18(28)6-4-5-7-19(29)35-16-12-17-27(14-34-27)25(16,3)26(13-33-23(31)20(15)30)10-9-24(2)21(37-24)22(26)36-17/h4-7,15-17,20-22,30H,8-14H2,1-3H3/b6-4+,7-5-/t15?,16-,17-,20?,21-,22-,24+,25-,26-,27?/m1/s1. The predicted molar refractivity (Wildman–Crippen MR) is 125 cm³/mol. The Bertz CT molecular complexity index is 1060. The van der Waals surface area contributed by atoms with E-state index in [4.69, 9.17) is 28.4 Å². The Labute approximate surface area is 215 Å². The zero-order valence-corrected chi connectivity index (χ0v) is 21.3. The van der Waals surface area contributed by atoms with Crippen molar-refractivity contribution in [3.05, 3.63) is 24.3 Å². The SMILES string of the molecule is CC1CCOC(=O)/C=C/C=C\C(=O)O[C@@H]2C[C@H]3O[C@@H]4[C@H]5O[C@@]5(C)CC[C@]4(COC(=O)C1O)[C@]2(C)C31CO1. The van der Waals surface area contributed by atoms with Gasteiger partial charge in [-0.05, 0) is 32.1 Å². The number of carbonyl (C=O) groups is 3. The van der Waals surface area contributed by atoms with E-state index in [0.29, 0.717) is 19.4 Å². The molecule has 37 heavy (non-hydrogen) atoms. The lowest BCUT2D eigenvalue weighted by Gasteiger charge is -2.58. The van der Waals surface area contributed by atoms with E-state index in [0.717, 1.165) is 6.42 Å². The summed E-state index contributed by atoms with van der Waals surface area (Å²) in [6.45, 7) is 6.30. The summed E-state index contributed by atoms with van der Waals surface area (Å²) in [5, 5.41) is 10.7. The molecule has 5 fully saturated rings. The molecule has 2 bridgehead atoms. The highest BCUT2D eigenvalue weighted by Crippen LogP contribution is 2.75. The van der Waals surface area contributed by atoms with Crippen molar-refractivity contribution in [2.45, 2.75) is 88.2 Å². The molecular weight excluding hydrogens is 484 g/mol. The van der Waals surface area contributed by atoms with Crippen LogP contribution in [0.4, 0.5) is 0 Å². The first-order valence-electron chi connectivity index (χ1n) is 13.1. The van der Waals surface area contributed by atoms with Crippen LogP contribution in [0.2, 0.25) is 0 Å². The molecule has 0 amide bonds. The number of rotatable bonds is 0. The molecular formula is C27H34O10. The number of aliphatic hydroxyl groups excluding tert-OH is 1. The molecule has 3 saturated heterocycles. The van der Waals surface area contributed by atoms with Crippen LogP contribution in [-0.4, -0.2) is 84.6 Å². The number of carbonyl (C=O) groups excluding carboxylic acids is 3. The second kappa shape index (κ2) is 8.36. The highest BCUT2D eigenvalue weighted by molar-refractivity contribution is 5.84. The number of fused-ring (bicyclic) bond motifs is 2. The third kappa shape index (κ3) is 3.56. The van der Waals surface area contributed by atoms with Gasteiger partial charge in [0.15, 0.2) is 6.10 Å². The molecule has 0 aromatic rings. The first-order valence-corrected chi connectivity index (χ1v) is 13.1. The van der Waals surface area contributed by atoms with Gasteiger partial charge in [-0.15, -0.1) is 0 Å². The highest BCUT2D eigenvalue weighted by Gasteiger charge is 2.86. The average molecular weight is 519 g/mol. The molecule has 2 saturated carbocycles. The molecule has 3 unspecified atom stereocenters. The van der Waals surface area contributed by atoms with Crippen LogP contribution >= 0.6 is 0 Å². The fourth-order valence-electron chi connectivity index (χ4n) is 7.36. The number of epoxide rings is 2. The van der Waals surface area contributed by atoms with Gasteiger partial charge in [-0.3, -0.25) is 0 Å². The molecule has 10 nitrogen and oxygen atoms in total. The number of cyclic esters (lactones) is 2. The van der Waals surface area contributed by atoms with Gasteiger partial charge < -0.3 is 33.5 Å². The smallest absolute Gasteiger partial charge is 0.335 e. The van der Waals surface area contributed by atoms with E-state index < -0.39 is 52.5 Å². The van der Waals surface area contributed by atoms with Crippen molar-refractivity contribution in [3.63, 3.8) is 0 Å². The van der Waals surface area contributed by atoms with Gasteiger partial charge in [0.1, 0.15) is 24.4 Å². The quantitative estimate of drug-likeness (QED) is 0.285. The zero-order chi connectivity index (χ0) is 26.2. The van der Waals surface area contributed by atoms with Crippen molar-refractivity contribution >= 4 is 17.9 Å². The van der Waals surface area contributed by atoms with Crippen LogP contribution in [0.3, 0.4) is 0 Å². The first-order chi connectivity index (χ1) is 17.6. The minimum Gasteiger partial charge on any atom is -0.463 e. The number of ether oxygens (including phenoxy) is 6. The first kappa shape index (κ1) is 25.0. The lowest BCUT2D eigenvalue weighted by molar-refractivity contribution is -0.252. The topological polar surface area (TPSA) is 133 Å². The Kier molecular flexibility index (Phi) is 5.66. The molecule has 4 heterocycles. The average Bonchev–Trinajstić information content (AvgIpc) is 3.77. The summed E-state index contributed by atoms with van der Waals surface area (Å²) in [5.74, 6) is -2.38. The highest BCUT2D eigenvalue weighted by atomic mass is 16.7. The van der Waals surface area contributed by atoms with Crippen LogP contribution in [-0.2, 0) is 42.8 Å². The monoisotopic (exact) mass is 518 g/mol. The fraction of sp³-hybridized carbons (Fsp3) is 0.741. The third-order valence-electron chi connectivity index (χ3n) is 10.0. The van der Waals surface area contributed by atoms with Crippen molar-refractivity contribution in [2.24, 2.45) is 16.7 Å². The van der Waals surface area contributed by atoms with E-state index in [-0.39, 0.29) is 43.5 Å². The molecule has 4 aliphatic heterocycles. The van der Waals surface area contributed by atoms with Gasteiger partial charge in [0.05, 0.1) is 36.4 Å². The second-order valence-electron chi connectivity index (χ2n) is 11.8. The lowest BCUT2D eigenvalue weighted by Crippen LogP contribution is -2.69. The molecule has 10 atom stereocenters. The van der Waals surface area contributed by atoms with Crippen molar-refractivity contribution in [3.8, 4) is 0 Å². The van der Waals surface area contributed by atoms with E-state index in [9.17, 15) is 19.5 Å². The summed E-state index contributed by atoms with van der Waals surface area (Å²) < 4.78 is 35.9. The number of hydrogen-bond donors (Lipinski definition) is 1. The molecule has 0 aromatic carbocycles. The van der Waals surface area contributed by atoms with E-state index in [2.05, 4.69) is 13.8 Å². The molecule has 2 aliphatic carbocycles. The van der Waals surface area contributed by atoms with Crippen molar-refractivity contribution in [1.29, 1.82) is 0 Å². The molecule has 0 radical (unpaired) electrons. The number of esters is 3. The predicted octanol–water partition coefficient (Wildman–Crippen LogP) is 1.38. The normalized spacial score (nSPS) is 52.9. The maximum Gasteiger partial charge on any atom is 0.335 e. The summed E-state index contributed by atoms with van der Waals surface area (Å²) in [6, 6.07) is 0. The second-order valence-corrected chi connectivity index (χ2v) is 11.8. The number of aliphatic hydroxyl groups is 1. The van der Waals surface area contributed by atoms with Crippen molar-refractivity contribution < 1.29 is 47.9 Å². The minimum absolute atomic E-state index is 0.0217. The maximum absolute atomic E-state index is 13.0. The minimum atomic E-state index is -1.38. The van der Waals surface area contributed by atoms with E-state index in [1.54, 1.807) is 6.92 Å². The van der Waals surface area contributed by atoms with Gasteiger partial charge in [0.25, 0.3) is 0 Å². The Balaban J connectivity index is 1.37. The van der Waals surface area contributed by atoms with Gasteiger partial charge in [0.2, 0.25) is 0 Å². The fourth-order valence-corrected chi connectivity index (χ4v) is 7.36. The summed E-state index contributed by atoms with van der Waals surface area (Å²) >= 11 is 0. The summed E-state index contributed by atoms with van der Waals surface area (Å²) in [5.41, 5.74) is -2.40. The zero-order valence-electron chi connectivity index (χ0n) is 21.3. The van der Waals surface area contributed by atoms with Crippen LogP contribution < -0.4 is 0 Å². The summed E-state index contributed by atoms with van der Waals surface area (Å²) in [6.07, 6.45) is 4.66. The molecule has 1 N–H and O–H groups in total. The van der Waals surface area contributed by atoms with E-state index in [1.165, 1.54) is 24.3 Å². The van der Waals surface area contributed by atoms with E-state index in [1.807, 2.05) is 0 Å². The molecule has 10 heteroatoms. The summed E-state index contributed by atoms with van der Waals surface area (Å²) in [7, 11) is 0. The Morgan fingerprint density at radius 3 is 2.41 bits per heavy atom. The van der Waals surface area contributed by atoms with Crippen molar-refractivity contribution in [1.82, 2.24) is 0 Å². The molecule has 2 spiro atoms. The number of allylic oxidation sites excluding steroid dienone is 2. The largest absolute Gasteiger partial charge is 0.463 e. The Hall–Kier alpha value is -2.27. The lowest BCUT2D eigenvalue weighted by atomic mass is 9.50. The van der Waals surface area contributed by atoms with Gasteiger partial charge in [-0.2, -0.15) is 0 Å². The Morgan fingerprint density at radius 1 is 0.946 bits per heavy atom. The molecule has 6 aliphatic rings. The molecule has 0 aromatic heterocycles. The van der Waals surface area contributed by atoms with Gasteiger partial charge in [-0.1, -0.05) is 26.0 Å².